The molecule has 0 bridgehead atoms. The van der Waals surface area contributed by atoms with Crippen molar-refractivity contribution < 1.29 is 84.0 Å². The molecule has 276 valence electrons. The molecule has 0 spiro atoms. The van der Waals surface area contributed by atoms with Crippen LogP contribution in [0, 0.1) is 5.92 Å². The van der Waals surface area contributed by atoms with E-state index in [0.717, 1.165) is 0 Å². The quantitative estimate of drug-likeness (QED) is 0.0335. The lowest BCUT2D eigenvalue weighted by Crippen LogP contribution is -2.66. The first-order valence-electron chi connectivity index (χ1n) is 15.4. The third-order valence-electron chi connectivity index (χ3n) is 8.51. The Labute approximate surface area is 274 Å². The van der Waals surface area contributed by atoms with Gasteiger partial charge in [0.2, 0.25) is 5.91 Å². The van der Waals surface area contributed by atoms with E-state index >= 15 is 0 Å². The summed E-state index contributed by atoms with van der Waals surface area (Å²) in [5.74, 6) is -5.66. The van der Waals surface area contributed by atoms with Crippen LogP contribution in [0.15, 0.2) is 5.11 Å². The van der Waals surface area contributed by atoms with Gasteiger partial charge in [-0.25, -0.2) is 4.79 Å². The molecule has 16 atom stereocenters. The fraction of sp³-hybridized carbons (Fsp3) is 0.926. The van der Waals surface area contributed by atoms with Crippen molar-refractivity contribution in [3.63, 3.8) is 0 Å². The third kappa shape index (κ3) is 9.27. The molecule has 5 unspecified atom stereocenters. The van der Waals surface area contributed by atoms with E-state index in [1.165, 1.54) is 20.8 Å². The lowest BCUT2D eigenvalue weighted by atomic mass is 9.83. The van der Waals surface area contributed by atoms with E-state index < -0.39 is 129 Å². The van der Waals surface area contributed by atoms with Crippen LogP contribution in [0.2, 0.25) is 0 Å². The number of nitrogens with zero attached hydrogens (tertiary/aromatic N) is 3. The minimum absolute atomic E-state index is 0.0431. The van der Waals surface area contributed by atoms with Gasteiger partial charge >= 0.3 is 5.97 Å². The van der Waals surface area contributed by atoms with Gasteiger partial charge in [-0.2, -0.15) is 0 Å². The second-order valence-electron chi connectivity index (χ2n) is 12.0. The number of amides is 1. The fourth-order valence-corrected chi connectivity index (χ4v) is 5.74. The number of carbonyl (C=O) groups excluding carboxylic acids is 1. The molecule has 0 aromatic rings. The number of aliphatic hydroxyl groups excluding tert-OH is 8. The molecule has 3 aliphatic rings. The molecular formula is C27H46N4O17. The van der Waals surface area contributed by atoms with E-state index in [-0.39, 0.29) is 19.6 Å². The summed E-state index contributed by atoms with van der Waals surface area (Å²) < 4.78 is 33.5. The predicted molar refractivity (Wildman–Crippen MR) is 154 cm³/mol. The lowest BCUT2D eigenvalue weighted by Gasteiger charge is -2.48. The smallest absolute Gasteiger partial charge is 0.364 e. The first-order valence-corrected chi connectivity index (χ1v) is 15.4. The van der Waals surface area contributed by atoms with Crippen LogP contribution in [0.4, 0.5) is 0 Å². The normalized spacial score (nSPS) is 41.5. The van der Waals surface area contributed by atoms with Crippen molar-refractivity contribution in [2.24, 2.45) is 11.0 Å². The second-order valence-corrected chi connectivity index (χ2v) is 12.0. The van der Waals surface area contributed by atoms with Crippen LogP contribution in [-0.2, 0) is 38.0 Å². The van der Waals surface area contributed by atoms with Crippen molar-refractivity contribution >= 4 is 11.9 Å². The van der Waals surface area contributed by atoms with E-state index in [9.17, 15) is 55.5 Å². The van der Waals surface area contributed by atoms with Crippen LogP contribution < -0.4 is 5.32 Å². The van der Waals surface area contributed by atoms with Crippen molar-refractivity contribution in [2.45, 2.75) is 125 Å². The molecule has 0 radical (unpaired) electrons. The van der Waals surface area contributed by atoms with Gasteiger partial charge in [-0.05, 0) is 18.9 Å². The third-order valence-corrected chi connectivity index (χ3v) is 8.51. The van der Waals surface area contributed by atoms with Gasteiger partial charge in [0.05, 0.1) is 37.6 Å². The topological polar surface area (TPSA) is 332 Å². The Hall–Kier alpha value is -2.31. The highest BCUT2D eigenvalue weighted by Gasteiger charge is 2.56. The van der Waals surface area contributed by atoms with E-state index in [2.05, 4.69) is 15.3 Å². The van der Waals surface area contributed by atoms with Crippen LogP contribution in [0.25, 0.3) is 10.4 Å². The van der Waals surface area contributed by atoms with Gasteiger partial charge in [-0.3, -0.25) is 4.79 Å². The Balaban J connectivity index is 1.75. The molecule has 3 aliphatic heterocycles. The highest BCUT2D eigenvalue weighted by atomic mass is 16.8. The number of carboxylic acid groups (broad SMARTS) is 1. The van der Waals surface area contributed by atoms with Crippen molar-refractivity contribution in [1.82, 2.24) is 5.32 Å². The van der Waals surface area contributed by atoms with E-state index in [1.807, 2.05) is 0 Å². The summed E-state index contributed by atoms with van der Waals surface area (Å²) in [6.07, 6.45) is -21.5. The highest BCUT2D eigenvalue weighted by molar-refractivity contribution is 5.76. The molecule has 1 amide bonds. The van der Waals surface area contributed by atoms with Crippen LogP contribution >= 0.6 is 0 Å². The number of hydrogen-bond donors (Lipinski definition) is 10. The molecule has 0 saturated carbocycles. The summed E-state index contributed by atoms with van der Waals surface area (Å²) in [7, 11) is 0. The molecule has 3 rings (SSSR count). The van der Waals surface area contributed by atoms with Gasteiger partial charge in [0.15, 0.2) is 12.6 Å². The van der Waals surface area contributed by atoms with Crippen molar-refractivity contribution in [2.75, 3.05) is 26.4 Å². The molecule has 0 aliphatic carbocycles. The first kappa shape index (κ1) is 40.1. The molecule has 21 nitrogen and oxygen atoms in total. The van der Waals surface area contributed by atoms with Gasteiger partial charge in [0, 0.05) is 37.3 Å². The molecule has 3 heterocycles. The molecule has 10 N–H and O–H groups in total. The Morgan fingerprint density at radius 3 is 2.27 bits per heavy atom. The van der Waals surface area contributed by atoms with Crippen LogP contribution in [-0.4, -0.2) is 176 Å². The summed E-state index contributed by atoms with van der Waals surface area (Å²) in [6.45, 7) is 2.45. The zero-order valence-electron chi connectivity index (χ0n) is 26.5. The number of aliphatic carboxylic acids is 1. The molecule has 0 aromatic heterocycles. The number of aliphatic hydroxyl groups is 8. The number of ether oxygens (including phenoxy) is 6. The second kappa shape index (κ2) is 17.6. The number of azide groups is 1. The number of nitrogens with one attached hydrogen (secondary N) is 1. The largest absolute Gasteiger partial charge is 0.477 e. The Morgan fingerprint density at radius 2 is 1.69 bits per heavy atom. The molecule has 3 fully saturated rings. The Morgan fingerprint density at radius 1 is 1.04 bits per heavy atom. The summed E-state index contributed by atoms with van der Waals surface area (Å²) >= 11 is 0. The molecule has 21 heteroatoms. The SMILES string of the molecule is CC(=O)N[C@@H](C1O[C@@](OCC2O[C@@H](O[C@@H]3C(CO)O[C@@H](OCCCN=[N+]=[N-])C(O)[C@H]3O)C(O)[C@@H](O)[C@H]2O)(C(=O)O)C[C@@H](O)[C@H]1C)[C@@H](C)O. The average Bonchev–Trinajstić information content (AvgIpc) is 3.03. The molecule has 3 saturated heterocycles. The van der Waals surface area contributed by atoms with Gasteiger partial charge in [-0.1, -0.05) is 12.0 Å². The fourth-order valence-electron chi connectivity index (χ4n) is 5.74. The highest BCUT2D eigenvalue weighted by Crippen LogP contribution is 2.37. The lowest BCUT2D eigenvalue weighted by molar-refractivity contribution is -0.367. The molecule has 48 heavy (non-hydrogen) atoms. The maximum absolute atomic E-state index is 12.5. The van der Waals surface area contributed by atoms with Gasteiger partial charge in [0.25, 0.3) is 5.79 Å². The Bertz CT molecular complexity index is 1110. The zero-order chi connectivity index (χ0) is 35.9. The number of carboxylic acids is 1. The maximum Gasteiger partial charge on any atom is 0.364 e. The summed E-state index contributed by atoms with van der Waals surface area (Å²) in [4.78, 5) is 26.9. The minimum atomic E-state index is -2.60. The van der Waals surface area contributed by atoms with Gasteiger partial charge in [-0.15, -0.1) is 0 Å². The van der Waals surface area contributed by atoms with Crippen molar-refractivity contribution in [1.29, 1.82) is 0 Å². The van der Waals surface area contributed by atoms with Crippen molar-refractivity contribution in [3.05, 3.63) is 10.4 Å². The summed E-state index contributed by atoms with van der Waals surface area (Å²) in [6, 6.07) is -1.16. The molecule has 0 aromatic carbocycles. The predicted octanol–water partition coefficient (Wildman–Crippen LogP) is -4.20. The Kier molecular flexibility index (Phi) is 14.7. The van der Waals surface area contributed by atoms with Crippen molar-refractivity contribution in [3.8, 4) is 0 Å². The minimum Gasteiger partial charge on any atom is -0.477 e. The molecular weight excluding hydrogens is 652 g/mol. The maximum atomic E-state index is 12.5. The van der Waals surface area contributed by atoms with Crippen LogP contribution in [0.3, 0.4) is 0 Å². The summed E-state index contributed by atoms with van der Waals surface area (Å²) in [5.41, 5.74) is 8.35. The zero-order valence-corrected chi connectivity index (χ0v) is 26.5. The average molecular weight is 699 g/mol. The monoisotopic (exact) mass is 698 g/mol. The number of carbonyl (C=O) groups is 2. The summed E-state index contributed by atoms with van der Waals surface area (Å²) in [5, 5.41) is 100. The van der Waals surface area contributed by atoms with Gasteiger partial charge < -0.3 is 79.7 Å². The van der Waals surface area contributed by atoms with E-state index in [4.69, 9.17) is 34.0 Å². The van der Waals surface area contributed by atoms with E-state index in [0.29, 0.717) is 0 Å². The van der Waals surface area contributed by atoms with Crippen LogP contribution in [0.5, 0.6) is 0 Å². The van der Waals surface area contributed by atoms with Gasteiger partial charge in [0.1, 0.15) is 48.8 Å². The number of rotatable bonds is 15. The van der Waals surface area contributed by atoms with E-state index in [1.54, 1.807) is 0 Å². The standard InChI is InChI=1S/C27H46N4O17/c1-10-13(35)7-27(26(41)42,48-22(10)16(11(2)33)30-12(3)34)44-9-15-17(36)18(37)20(39)25(46-15)47-23-14(8-32)45-24(21(40)19(23)38)43-6-4-5-29-31-28/h10-11,13-25,32-33,35-40H,4-9H2,1-3H3,(H,30,34)(H,41,42)/t10-,11-,13-,14?,15?,16-,17+,18+,19-,20?,21?,22?,23-,24-,25+,27-/m1/s1. The van der Waals surface area contributed by atoms with Crippen LogP contribution in [0.1, 0.15) is 33.6 Å². The first-order chi connectivity index (χ1) is 22.6. The number of hydrogen-bond acceptors (Lipinski definition) is 17.